The van der Waals surface area contributed by atoms with Gasteiger partial charge in [-0.3, -0.25) is 18.6 Å². The van der Waals surface area contributed by atoms with E-state index in [-0.39, 0.29) is 0 Å². The van der Waals surface area contributed by atoms with Crippen molar-refractivity contribution in [3.05, 3.63) is 0 Å². The van der Waals surface area contributed by atoms with Crippen molar-refractivity contribution in [3.8, 4) is 0 Å². The van der Waals surface area contributed by atoms with Crippen LogP contribution in [-0.2, 0) is 62.1 Å². The molecule has 0 radical (unpaired) electrons. The number of rotatable bonds is 15. The van der Waals surface area contributed by atoms with Crippen LogP contribution in [0, 0.1) is 0 Å². The molecule has 336 valence electrons. The predicted octanol–water partition coefficient (Wildman–Crippen LogP) is -9.87. The zero-order valence-corrected chi connectivity index (χ0v) is 31.9. The molecule has 0 saturated carbocycles. The Morgan fingerprint density at radius 1 is 0.586 bits per heavy atom. The average molecular weight is 868 g/mol. The normalized spacial score (nSPS) is 43.6. The number of hydrogen-bond acceptors (Lipinski definition) is 24. The van der Waals surface area contributed by atoms with Gasteiger partial charge in [-0.2, -0.15) is 0 Å². The fourth-order valence-corrected chi connectivity index (χ4v) is 7.25. The summed E-state index contributed by atoms with van der Waals surface area (Å²) in [6.45, 7) is -0.755. The molecule has 0 bridgehead atoms. The highest BCUT2D eigenvalue weighted by Gasteiger charge is 2.56. The Hall–Kier alpha value is -2.40. The van der Waals surface area contributed by atoms with Gasteiger partial charge in [-0.15, -0.1) is 0 Å². The maximum atomic E-state index is 12.4. The second kappa shape index (κ2) is 20.4. The van der Waals surface area contributed by atoms with E-state index in [1.807, 2.05) is 0 Å². The lowest BCUT2D eigenvalue weighted by Crippen LogP contribution is -2.71. The lowest BCUT2D eigenvalue weighted by molar-refractivity contribution is -0.361. The molecule has 28 heteroatoms. The van der Waals surface area contributed by atoms with Gasteiger partial charge in [0.2, 0.25) is 28.1 Å². The standard InChI is InChI=1S/C30H52N4O23S/c1-8(38)32-16-21(43)26(14(51-27(16)46)7-50-58(47,48)49)57-30-18(34-10(3)40)23(45)25(13(6-37)54-30)56-29-17(33-9(2)39)22(44)24(12(5-36)53-29)55-28-15(31)20(42)19(41)11(4-35)52-28/h11-30,35-37,41-46H,4-7,31H2,1-3H3,(H,32,38)(H,33,39)(H,34,40)(H,47,48,49)/p-1/t11?,12-,13?,14-,15?,16?,17?,18?,19+,20+,21?,22?,23+,24+,25+,26+,27+,28-,29-,30-/m0/s1. The maximum Gasteiger partial charge on any atom is 0.217 e. The molecule has 0 spiro atoms. The number of carbonyl (C=O) groups is 3. The second-order valence-electron chi connectivity index (χ2n) is 13.9. The Morgan fingerprint density at radius 2 is 0.966 bits per heavy atom. The zero-order valence-electron chi connectivity index (χ0n) is 31.1. The van der Waals surface area contributed by atoms with Crippen LogP contribution in [0.1, 0.15) is 20.8 Å². The van der Waals surface area contributed by atoms with E-state index < -0.39 is 177 Å². The second-order valence-corrected chi connectivity index (χ2v) is 15.0. The number of aliphatic hydroxyl groups is 9. The van der Waals surface area contributed by atoms with Gasteiger partial charge >= 0.3 is 0 Å². The minimum Gasteiger partial charge on any atom is -0.726 e. The molecule has 4 saturated heterocycles. The zero-order chi connectivity index (χ0) is 43.4. The minimum atomic E-state index is -5.38. The monoisotopic (exact) mass is 867 g/mol. The first-order chi connectivity index (χ1) is 27.1. The first-order valence-corrected chi connectivity index (χ1v) is 19.1. The average Bonchev–Trinajstić information content (AvgIpc) is 3.14. The minimum absolute atomic E-state index is 0.767. The molecule has 14 N–H and O–H groups in total. The van der Waals surface area contributed by atoms with Crippen LogP contribution in [0.25, 0.3) is 0 Å². The van der Waals surface area contributed by atoms with Gasteiger partial charge in [0.1, 0.15) is 91.4 Å². The summed E-state index contributed by atoms with van der Waals surface area (Å²) in [6, 6.07) is -6.44. The highest BCUT2D eigenvalue weighted by Crippen LogP contribution is 2.34. The number of aliphatic hydroxyl groups excluding tert-OH is 9. The van der Waals surface area contributed by atoms with Crippen LogP contribution in [0.2, 0.25) is 0 Å². The van der Waals surface area contributed by atoms with Gasteiger partial charge in [0, 0.05) is 20.8 Å². The molecule has 58 heavy (non-hydrogen) atoms. The van der Waals surface area contributed by atoms with E-state index in [2.05, 4.69) is 20.1 Å². The summed E-state index contributed by atoms with van der Waals surface area (Å²) in [5.41, 5.74) is 5.97. The van der Waals surface area contributed by atoms with E-state index in [1.165, 1.54) is 0 Å². The highest BCUT2D eigenvalue weighted by molar-refractivity contribution is 7.80. The van der Waals surface area contributed by atoms with Crippen LogP contribution in [0.5, 0.6) is 0 Å². The van der Waals surface area contributed by atoms with Crippen molar-refractivity contribution in [1.29, 1.82) is 0 Å². The summed E-state index contributed by atoms with van der Waals surface area (Å²) in [5, 5.41) is 103. The van der Waals surface area contributed by atoms with Crippen molar-refractivity contribution in [2.75, 3.05) is 26.4 Å². The quantitative estimate of drug-likeness (QED) is 0.0537. The smallest absolute Gasteiger partial charge is 0.217 e. The van der Waals surface area contributed by atoms with Gasteiger partial charge in [-0.25, -0.2) is 8.42 Å². The summed E-state index contributed by atoms with van der Waals surface area (Å²) >= 11 is 0. The molecule has 8 unspecified atom stereocenters. The first kappa shape index (κ1) is 48.3. The van der Waals surface area contributed by atoms with Crippen molar-refractivity contribution < 1.29 is 111 Å². The molecule has 0 aliphatic carbocycles. The van der Waals surface area contributed by atoms with Gasteiger partial charge in [0.05, 0.1) is 32.5 Å². The van der Waals surface area contributed by atoms with Gasteiger partial charge in [-0.05, 0) is 0 Å². The summed E-state index contributed by atoms with van der Waals surface area (Å²) in [7, 11) is -5.38. The highest BCUT2D eigenvalue weighted by atomic mass is 32.3. The van der Waals surface area contributed by atoms with Crippen LogP contribution < -0.4 is 21.7 Å². The van der Waals surface area contributed by atoms with E-state index in [1.54, 1.807) is 0 Å². The summed E-state index contributed by atoms with van der Waals surface area (Å²) in [6.07, 6.45) is -28.2. The van der Waals surface area contributed by atoms with Crippen molar-refractivity contribution in [2.24, 2.45) is 5.73 Å². The number of ether oxygens (including phenoxy) is 7. The molecule has 4 aliphatic heterocycles. The number of amides is 3. The van der Waals surface area contributed by atoms with E-state index in [0.717, 1.165) is 20.8 Å². The molecule has 4 heterocycles. The third-order valence-corrected chi connectivity index (χ3v) is 10.1. The molecule has 0 aromatic heterocycles. The van der Waals surface area contributed by atoms with E-state index >= 15 is 0 Å². The fourth-order valence-electron chi connectivity index (χ4n) is 6.95. The Balaban J connectivity index is 1.62. The molecule has 20 atom stereocenters. The number of carbonyl (C=O) groups excluding carboxylic acids is 3. The molecule has 27 nitrogen and oxygen atoms in total. The largest absolute Gasteiger partial charge is 0.726 e. The van der Waals surface area contributed by atoms with E-state index in [9.17, 15) is 73.3 Å². The van der Waals surface area contributed by atoms with Crippen LogP contribution >= 0.6 is 0 Å². The molecule has 4 aliphatic rings. The van der Waals surface area contributed by atoms with Crippen LogP contribution in [0.3, 0.4) is 0 Å². The molecule has 4 rings (SSSR count). The number of nitrogens with one attached hydrogen (secondary N) is 3. The third kappa shape index (κ3) is 11.5. The van der Waals surface area contributed by atoms with Gasteiger partial charge in [-0.1, -0.05) is 0 Å². The lowest BCUT2D eigenvalue weighted by Gasteiger charge is -2.50. The van der Waals surface area contributed by atoms with E-state index in [0.29, 0.717) is 0 Å². The fraction of sp³-hybridized carbons (Fsp3) is 0.900. The van der Waals surface area contributed by atoms with Crippen molar-refractivity contribution in [1.82, 2.24) is 16.0 Å². The Kier molecular flexibility index (Phi) is 17.0. The van der Waals surface area contributed by atoms with E-state index in [4.69, 9.17) is 38.9 Å². The molecule has 4 fully saturated rings. The Bertz CT molecular complexity index is 1500. The SMILES string of the molecule is CC(=O)NC1C(O)[C@H](O[C@@H]2OC(CO)[C@@H](O)[C@H](O)C2N)[C@H](CO)O[C@H]1O[C@@H]1C(CO)O[C@@H](O[C@H]2C(O)C(NC(C)=O)[C@H](O)O[C@H]2COS(=O)(=O)[O-])C(NC(C)=O)[C@H]1O. The number of nitrogens with two attached hydrogens (primary N) is 1. The van der Waals surface area contributed by atoms with Crippen LogP contribution in [0.4, 0.5) is 0 Å². The summed E-state index contributed by atoms with van der Waals surface area (Å²) < 4.78 is 78.1. The summed E-state index contributed by atoms with van der Waals surface area (Å²) in [4.78, 5) is 36.5. The Morgan fingerprint density at radius 3 is 1.38 bits per heavy atom. The van der Waals surface area contributed by atoms with Crippen LogP contribution in [0.15, 0.2) is 0 Å². The molecular weight excluding hydrogens is 816 g/mol. The predicted molar refractivity (Wildman–Crippen MR) is 179 cm³/mol. The number of hydrogen-bond donors (Lipinski definition) is 13. The molecule has 0 aromatic rings. The molecular formula is C30H51N4O23S-. The third-order valence-electron chi connectivity index (χ3n) is 9.69. The van der Waals surface area contributed by atoms with Crippen molar-refractivity contribution in [3.63, 3.8) is 0 Å². The topological polar surface area (TPSA) is 426 Å². The van der Waals surface area contributed by atoms with Crippen molar-refractivity contribution in [2.45, 2.75) is 143 Å². The van der Waals surface area contributed by atoms with Crippen molar-refractivity contribution >= 4 is 28.1 Å². The van der Waals surface area contributed by atoms with Gasteiger partial charge < -0.3 is 105 Å². The van der Waals surface area contributed by atoms with Crippen LogP contribution in [-0.4, -0.2) is 226 Å². The summed E-state index contributed by atoms with van der Waals surface area (Å²) in [5.74, 6) is -2.36. The Labute approximate surface area is 330 Å². The lowest BCUT2D eigenvalue weighted by atomic mass is 9.93. The first-order valence-electron chi connectivity index (χ1n) is 17.8. The maximum absolute atomic E-state index is 12.4. The van der Waals surface area contributed by atoms with Gasteiger partial charge in [0.15, 0.2) is 25.2 Å². The molecule has 0 aromatic carbocycles. The molecule has 3 amide bonds. The van der Waals surface area contributed by atoms with Gasteiger partial charge in [0.25, 0.3) is 0 Å².